The molecule has 1 saturated heterocycles. The SMILES string of the molecule is CCNC(C)c1ccnc(N2CCCCCC2CC)c1. The normalized spacial score (nSPS) is 21.6. The maximum absolute atomic E-state index is 4.64. The zero-order chi connectivity index (χ0) is 14.4. The van der Waals surface area contributed by atoms with Gasteiger partial charge in [0.05, 0.1) is 0 Å². The second-order valence-corrected chi connectivity index (χ2v) is 5.83. The number of hydrogen-bond acceptors (Lipinski definition) is 3. The van der Waals surface area contributed by atoms with Gasteiger partial charge in [0.25, 0.3) is 0 Å². The van der Waals surface area contributed by atoms with E-state index in [1.54, 1.807) is 0 Å². The van der Waals surface area contributed by atoms with E-state index in [9.17, 15) is 0 Å². The van der Waals surface area contributed by atoms with Crippen LogP contribution in [-0.2, 0) is 0 Å². The molecule has 0 aliphatic carbocycles. The lowest BCUT2D eigenvalue weighted by Gasteiger charge is -2.31. The summed E-state index contributed by atoms with van der Waals surface area (Å²) in [5, 5.41) is 3.48. The van der Waals surface area contributed by atoms with Gasteiger partial charge in [0.1, 0.15) is 5.82 Å². The van der Waals surface area contributed by atoms with Crippen molar-refractivity contribution in [2.24, 2.45) is 0 Å². The average Bonchev–Trinajstić information content (AvgIpc) is 2.72. The third kappa shape index (κ3) is 3.72. The van der Waals surface area contributed by atoms with Crippen molar-refractivity contribution in [2.75, 3.05) is 18.0 Å². The Morgan fingerprint density at radius 1 is 1.35 bits per heavy atom. The minimum atomic E-state index is 0.397. The van der Waals surface area contributed by atoms with Gasteiger partial charge in [-0.05, 0) is 50.4 Å². The van der Waals surface area contributed by atoms with Gasteiger partial charge in [-0.1, -0.05) is 26.7 Å². The molecular formula is C17H29N3. The fourth-order valence-electron chi connectivity index (χ4n) is 3.19. The lowest BCUT2D eigenvalue weighted by atomic mass is 10.1. The van der Waals surface area contributed by atoms with E-state index in [0.29, 0.717) is 12.1 Å². The van der Waals surface area contributed by atoms with Gasteiger partial charge in [-0.25, -0.2) is 4.98 Å². The lowest BCUT2D eigenvalue weighted by molar-refractivity contribution is 0.550. The average molecular weight is 275 g/mol. The summed E-state index contributed by atoms with van der Waals surface area (Å²) in [7, 11) is 0. The first-order valence-corrected chi connectivity index (χ1v) is 8.22. The van der Waals surface area contributed by atoms with E-state index in [0.717, 1.165) is 13.1 Å². The van der Waals surface area contributed by atoms with E-state index >= 15 is 0 Å². The summed E-state index contributed by atoms with van der Waals surface area (Å²) in [6, 6.07) is 5.47. The first kappa shape index (κ1) is 15.3. The third-order valence-corrected chi connectivity index (χ3v) is 4.42. The molecule has 2 rings (SSSR count). The molecule has 1 N–H and O–H groups in total. The Labute approximate surface area is 123 Å². The van der Waals surface area contributed by atoms with Crippen LogP contribution in [-0.4, -0.2) is 24.1 Å². The molecule has 0 spiro atoms. The van der Waals surface area contributed by atoms with Crippen molar-refractivity contribution in [1.82, 2.24) is 10.3 Å². The summed E-state index contributed by atoms with van der Waals surface area (Å²) >= 11 is 0. The highest BCUT2D eigenvalue weighted by Crippen LogP contribution is 2.26. The highest BCUT2D eigenvalue weighted by Gasteiger charge is 2.21. The maximum atomic E-state index is 4.64. The molecule has 2 heterocycles. The van der Waals surface area contributed by atoms with Crippen molar-refractivity contribution < 1.29 is 0 Å². The Morgan fingerprint density at radius 2 is 2.20 bits per heavy atom. The van der Waals surface area contributed by atoms with E-state index in [1.807, 2.05) is 6.20 Å². The fourth-order valence-corrected chi connectivity index (χ4v) is 3.19. The van der Waals surface area contributed by atoms with Gasteiger partial charge >= 0.3 is 0 Å². The minimum Gasteiger partial charge on any atom is -0.354 e. The molecule has 1 aliphatic rings. The topological polar surface area (TPSA) is 28.2 Å². The van der Waals surface area contributed by atoms with Crippen LogP contribution < -0.4 is 10.2 Å². The van der Waals surface area contributed by atoms with Crippen LogP contribution in [0.15, 0.2) is 18.3 Å². The van der Waals surface area contributed by atoms with Crippen LogP contribution in [0.3, 0.4) is 0 Å². The van der Waals surface area contributed by atoms with Crippen molar-refractivity contribution in [2.45, 2.75) is 65.0 Å². The Kier molecular flexibility index (Phi) is 5.84. The fraction of sp³-hybridized carbons (Fsp3) is 0.706. The van der Waals surface area contributed by atoms with E-state index in [-0.39, 0.29) is 0 Å². The molecule has 1 aromatic rings. The molecule has 1 aromatic heterocycles. The van der Waals surface area contributed by atoms with Gasteiger partial charge in [0.2, 0.25) is 0 Å². The molecule has 1 aliphatic heterocycles. The number of hydrogen-bond donors (Lipinski definition) is 1. The molecule has 0 saturated carbocycles. The largest absolute Gasteiger partial charge is 0.354 e. The Bertz CT molecular complexity index is 405. The van der Waals surface area contributed by atoms with Gasteiger partial charge in [0.15, 0.2) is 0 Å². The predicted molar refractivity (Wildman–Crippen MR) is 86.2 cm³/mol. The molecule has 0 amide bonds. The molecule has 20 heavy (non-hydrogen) atoms. The Hall–Kier alpha value is -1.09. The molecule has 0 radical (unpaired) electrons. The van der Waals surface area contributed by atoms with Gasteiger partial charge in [-0.3, -0.25) is 0 Å². The van der Waals surface area contributed by atoms with E-state index in [4.69, 9.17) is 0 Å². The number of pyridine rings is 1. The van der Waals surface area contributed by atoms with Crippen molar-refractivity contribution in [1.29, 1.82) is 0 Å². The van der Waals surface area contributed by atoms with Crippen LogP contribution in [0.5, 0.6) is 0 Å². The second kappa shape index (κ2) is 7.63. The molecule has 112 valence electrons. The number of rotatable bonds is 5. The summed E-state index contributed by atoms with van der Waals surface area (Å²) in [6.45, 7) is 8.83. The van der Waals surface area contributed by atoms with Gasteiger partial charge in [-0.2, -0.15) is 0 Å². The standard InChI is InChI=1S/C17H29N3/c1-4-16-9-7-6-8-12-20(16)17-13-15(10-11-19-17)14(3)18-5-2/h10-11,13-14,16,18H,4-9,12H2,1-3H3. The number of aromatic nitrogens is 1. The van der Waals surface area contributed by atoms with Gasteiger partial charge in [0, 0.05) is 24.8 Å². The van der Waals surface area contributed by atoms with Crippen LogP contribution in [0, 0.1) is 0 Å². The molecule has 2 unspecified atom stereocenters. The van der Waals surface area contributed by atoms with Crippen molar-refractivity contribution >= 4 is 5.82 Å². The van der Waals surface area contributed by atoms with Crippen LogP contribution in [0.2, 0.25) is 0 Å². The van der Waals surface area contributed by atoms with Gasteiger partial charge in [-0.15, -0.1) is 0 Å². The molecule has 3 nitrogen and oxygen atoms in total. The highest BCUT2D eigenvalue weighted by atomic mass is 15.2. The van der Waals surface area contributed by atoms with Crippen LogP contribution in [0.4, 0.5) is 5.82 Å². The zero-order valence-corrected chi connectivity index (χ0v) is 13.2. The van der Waals surface area contributed by atoms with Crippen molar-refractivity contribution in [3.05, 3.63) is 23.9 Å². The van der Waals surface area contributed by atoms with Crippen LogP contribution in [0.1, 0.15) is 64.5 Å². The third-order valence-electron chi connectivity index (χ3n) is 4.42. The van der Waals surface area contributed by atoms with Crippen LogP contribution in [0.25, 0.3) is 0 Å². The van der Waals surface area contributed by atoms with E-state index in [2.05, 4.69) is 48.1 Å². The molecular weight excluding hydrogens is 246 g/mol. The summed E-state index contributed by atoms with van der Waals surface area (Å²) < 4.78 is 0. The highest BCUT2D eigenvalue weighted by molar-refractivity contribution is 5.43. The smallest absolute Gasteiger partial charge is 0.129 e. The van der Waals surface area contributed by atoms with Crippen molar-refractivity contribution in [3.63, 3.8) is 0 Å². The first-order valence-electron chi connectivity index (χ1n) is 8.22. The Balaban J connectivity index is 2.19. The molecule has 0 aromatic carbocycles. The monoisotopic (exact) mass is 275 g/mol. The Morgan fingerprint density at radius 3 is 2.95 bits per heavy atom. The molecule has 3 heteroatoms. The van der Waals surface area contributed by atoms with Gasteiger partial charge < -0.3 is 10.2 Å². The van der Waals surface area contributed by atoms with Crippen molar-refractivity contribution in [3.8, 4) is 0 Å². The van der Waals surface area contributed by atoms with E-state index < -0.39 is 0 Å². The van der Waals surface area contributed by atoms with Crippen LogP contribution >= 0.6 is 0 Å². The maximum Gasteiger partial charge on any atom is 0.129 e. The lowest BCUT2D eigenvalue weighted by Crippen LogP contribution is -2.35. The quantitative estimate of drug-likeness (QED) is 0.883. The predicted octanol–water partition coefficient (Wildman–Crippen LogP) is 3.91. The number of nitrogens with zero attached hydrogens (tertiary/aromatic N) is 2. The molecule has 2 atom stereocenters. The summed E-state index contributed by atoms with van der Waals surface area (Å²) in [6.07, 6.45) is 8.52. The molecule has 1 fully saturated rings. The molecule has 0 bridgehead atoms. The number of nitrogens with one attached hydrogen (secondary N) is 1. The summed E-state index contributed by atoms with van der Waals surface area (Å²) in [5.74, 6) is 1.17. The first-order chi connectivity index (χ1) is 9.76. The second-order valence-electron chi connectivity index (χ2n) is 5.83. The minimum absolute atomic E-state index is 0.397. The number of anilines is 1. The summed E-state index contributed by atoms with van der Waals surface area (Å²) in [5.41, 5.74) is 1.34. The summed E-state index contributed by atoms with van der Waals surface area (Å²) in [4.78, 5) is 7.18. The van der Waals surface area contributed by atoms with E-state index in [1.165, 1.54) is 43.5 Å². The zero-order valence-electron chi connectivity index (χ0n) is 13.2.